The Hall–Kier alpha value is -2.93. The summed E-state index contributed by atoms with van der Waals surface area (Å²) in [7, 11) is 0. The van der Waals surface area contributed by atoms with Gasteiger partial charge in [-0.2, -0.15) is 4.98 Å². The highest BCUT2D eigenvalue weighted by Crippen LogP contribution is 2.19. The maximum absolute atomic E-state index is 13.3. The van der Waals surface area contributed by atoms with Crippen molar-refractivity contribution < 1.29 is 8.91 Å². The number of nitrogens with one attached hydrogen (secondary N) is 2. The van der Waals surface area contributed by atoms with Crippen LogP contribution in [-0.2, 0) is 13.1 Å². The molecule has 6 nitrogen and oxygen atoms in total. The van der Waals surface area contributed by atoms with Gasteiger partial charge in [-0.3, -0.25) is 0 Å². The van der Waals surface area contributed by atoms with Crippen LogP contribution in [0, 0.1) is 5.82 Å². The minimum atomic E-state index is -0.278. The number of aromatic nitrogens is 2. The molecule has 0 radical (unpaired) electrons. The third kappa shape index (κ3) is 5.52. The van der Waals surface area contributed by atoms with E-state index in [1.165, 1.54) is 12.1 Å². The van der Waals surface area contributed by atoms with Crippen molar-refractivity contribution in [2.75, 3.05) is 6.54 Å². The number of halogens is 2. The molecule has 3 rings (SSSR count). The first-order chi connectivity index (χ1) is 13.1. The normalized spacial score (nSPS) is 11.4. The van der Waals surface area contributed by atoms with Crippen molar-refractivity contribution in [3.05, 3.63) is 70.8 Å². The molecular formula is C19H19ClFN5O. The molecule has 0 amide bonds. The third-order valence-electron chi connectivity index (χ3n) is 3.61. The summed E-state index contributed by atoms with van der Waals surface area (Å²) >= 11 is 5.99. The number of hydrogen-bond acceptors (Lipinski definition) is 4. The molecule has 0 saturated carbocycles. The standard InChI is InChI=1S/C19H19ClFN5O/c1-2-22-19(23-11-13-5-3-8-16(21)9-13)24-12-17-25-18(26-27-17)14-6-4-7-15(20)10-14/h3-10H,2,11-12H2,1H3,(H2,22,23,24). The summed E-state index contributed by atoms with van der Waals surface area (Å²) in [6, 6.07) is 13.6. The average molecular weight is 388 g/mol. The summed E-state index contributed by atoms with van der Waals surface area (Å²) in [5.41, 5.74) is 1.57. The van der Waals surface area contributed by atoms with Crippen molar-refractivity contribution in [2.45, 2.75) is 20.0 Å². The minimum Gasteiger partial charge on any atom is -0.357 e. The van der Waals surface area contributed by atoms with E-state index in [-0.39, 0.29) is 5.82 Å². The fourth-order valence-electron chi connectivity index (χ4n) is 2.38. The third-order valence-corrected chi connectivity index (χ3v) is 3.85. The first-order valence-corrected chi connectivity index (χ1v) is 8.87. The molecule has 0 aliphatic rings. The molecule has 0 fully saturated rings. The lowest BCUT2D eigenvalue weighted by Gasteiger charge is -2.09. The molecule has 27 heavy (non-hydrogen) atoms. The molecule has 0 aliphatic carbocycles. The van der Waals surface area contributed by atoms with Gasteiger partial charge in [-0.25, -0.2) is 9.38 Å². The Kier molecular flexibility index (Phi) is 6.38. The summed E-state index contributed by atoms with van der Waals surface area (Å²) in [6.07, 6.45) is 0. The monoisotopic (exact) mass is 387 g/mol. The lowest BCUT2D eigenvalue weighted by atomic mass is 10.2. The van der Waals surface area contributed by atoms with E-state index in [0.717, 1.165) is 11.1 Å². The van der Waals surface area contributed by atoms with E-state index in [9.17, 15) is 4.39 Å². The van der Waals surface area contributed by atoms with Gasteiger partial charge in [0.1, 0.15) is 5.82 Å². The van der Waals surface area contributed by atoms with Gasteiger partial charge >= 0.3 is 0 Å². The summed E-state index contributed by atoms with van der Waals surface area (Å²) in [5.74, 6) is 1.18. The smallest absolute Gasteiger partial charge is 0.246 e. The molecule has 0 bridgehead atoms. The maximum Gasteiger partial charge on any atom is 0.246 e. The molecule has 0 atom stereocenters. The van der Waals surface area contributed by atoms with Crippen molar-refractivity contribution in [2.24, 2.45) is 4.99 Å². The van der Waals surface area contributed by atoms with Gasteiger partial charge in [0.15, 0.2) is 5.96 Å². The Labute approximate surface area is 161 Å². The predicted molar refractivity (Wildman–Crippen MR) is 103 cm³/mol. The first kappa shape index (κ1) is 18.8. The largest absolute Gasteiger partial charge is 0.357 e. The van der Waals surface area contributed by atoms with Gasteiger partial charge in [0, 0.05) is 17.1 Å². The van der Waals surface area contributed by atoms with E-state index >= 15 is 0 Å². The van der Waals surface area contributed by atoms with E-state index in [1.54, 1.807) is 18.2 Å². The Morgan fingerprint density at radius 1 is 1.19 bits per heavy atom. The van der Waals surface area contributed by atoms with Crippen LogP contribution in [0.3, 0.4) is 0 Å². The Bertz CT molecular complexity index is 928. The van der Waals surface area contributed by atoms with E-state index in [4.69, 9.17) is 16.1 Å². The zero-order chi connectivity index (χ0) is 19.1. The highest BCUT2D eigenvalue weighted by atomic mass is 35.5. The van der Waals surface area contributed by atoms with E-state index in [0.29, 0.717) is 42.3 Å². The fourth-order valence-corrected chi connectivity index (χ4v) is 2.57. The Balaban J connectivity index is 1.63. The molecule has 1 aromatic heterocycles. The van der Waals surface area contributed by atoms with Gasteiger partial charge in [-0.1, -0.05) is 41.0 Å². The van der Waals surface area contributed by atoms with Crippen molar-refractivity contribution in [3.8, 4) is 11.4 Å². The zero-order valence-electron chi connectivity index (χ0n) is 14.7. The lowest BCUT2D eigenvalue weighted by molar-refractivity contribution is 0.375. The van der Waals surface area contributed by atoms with Crippen molar-refractivity contribution in [1.82, 2.24) is 20.8 Å². The quantitative estimate of drug-likeness (QED) is 0.497. The molecule has 8 heteroatoms. The molecule has 0 aliphatic heterocycles. The predicted octanol–water partition coefficient (Wildman–Crippen LogP) is 3.78. The number of benzene rings is 2. The summed E-state index contributed by atoms with van der Waals surface area (Å²) in [5, 5.41) is 10.8. The SMILES string of the molecule is CCNC(=NCc1cccc(F)c1)NCc1nc(-c2cccc(Cl)c2)no1. The van der Waals surface area contributed by atoms with Gasteiger partial charge in [-0.05, 0) is 36.8 Å². The van der Waals surface area contributed by atoms with Crippen LogP contribution in [0.5, 0.6) is 0 Å². The van der Waals surface area contributed by atoms with Crippen molar-refractivity contribution in [1.29, 1.82) is 0 Å². The van der Waals surface area contributed by atoms with Crippen molar-refractivity contribution in [3.63, 3.8) is 0 Å². The number of nitrogens with zero attached hydrogens (tertiary/aromatic N) is 3. The van der Waals surface area contributed by atoms with Crippen LogP contribution >= 0.6 is 11.6 Å². The second-order valence-corrected chi connectivity index (χ2v) is 6.14. The van der Waals surface area contributed by atoms with Crippen molar-refractivity contribution >= 4 is 17.6 Å². The number of hydrogen-bond donors (Lipinski definition) is 2. The minimum absolute atomic E-state index is 0.278. The summed E-state index contributed by atoms with van der Waals surface area (Å²) < 4.78 is 18.5. The van der Waals surface area contributed by atoms with E-state index in [1.807, 2.05) is 25.1 Å². The average Bonchev–Trinajstić information content (AvgIpc) is 3.13. The van der Waals surface area contributed by atoms with Crippen LogP contribution in [0.25, 0.3) is 11.4 Å². The second kappa shape index (κ2) is 9.14. The van der Waals surface area contributed by atoms with E-state index < -0.39 is 0 Å². The van der Waals surface area contributed by atoms with Crippen LogP contribution in [0.1, 0.15) is 18.4 Å². The molecule has 140 valence electrons. The van der Waals surface area contributed by atoms with Crippen LogP contribution in [0.15, 0.2) is 58.0 Å². The molecule has 2 N–H and O–H groups in total. The second-order valence-electron chi connectivity index (χ2n) is 5.70. The molecule has 1 heterocycles. The molecular weight excluding hydrogens is 369 g/mol. The van der Waals surface area contributed by atoms with Crippen LogP contribution in [0.4, 0.5) is 4.39 Å². The first-order valence-electron chi connectivity index (χ1n) is 8.49. The van der Waals surface area contributed by atoms with Gasteiger partial charge in [0.2, 0.25) is 11.7 Å². The van der Waals surface area contributed by atoms with Crippen LogP contribution in [-0.4, -0.2) is 22.6 Å². The maximum atomic E-state index is 13.3. The van der Waals surface area contributed by atoms with Crippen LogP contribution in [0.2, 0.25) is 5.02 Å². The van der Waals surface area contributed by atoms with Gasteiger partial charge < -0.3 is 15.2 Å². The molecule has 3 aromatic rings. The Morgan fingerprint density at radius 2 is 2.04 bits per heavy atom. The van der Waals surface area contributed by atoms with Gasteiger partial charge in [-0.15, -0.1) is 0 Å². The molecule has 0 spiro atoms. The van der Waals surface area contributed by atoms with E-state index in [2.05, 4.69) is 25.8 Å². The lowest BCUT2D eigenvalue weighted by Crippen LogP contribution is -2.36. The van der Waals surface area contributed by atoms with Crippen LogP contribution < -0.4 is 10.6 Å². The highest BCUT2D eigenvalue weighted by Gasteiger charge is 2.09. The topological polar surface area (TPSA) is 75.3 Å². The number of guanidine groups is 1. The molecule has 2 aromatic carbocycles. The number of aliphatic imine (C=N–C) groups is 1. The zero-order valence-corrected chi connectivity index (χ0v) is 15.5. The van der Waals surface area contributed by atoms with Gasteiger partial charge in [0.25, 0.3) is 0 Å². The highest BCUT2D eigenvalue weighted by molar-refractivity contribution is 6.30. The fraction of sp³-hybridized carbons (Fsp3) is 0.211. The Morgan fingerprint density at radius 3 is 2.81 bits per heavy atom. The summed E-state index contributed by atoms with van der Waals surface area (Å²) in [4.78, 5) is 8.79. The molecule has 0 unspecified atom stereocenters. The van der Waals surface area contributed by atoms with Gasteiger partial charge in [0.05, 0.1) is 13.1 Å². The summed E-state index contributed by atoms with van der Waals surface area (Å²) in [6.45, 7) is 3.31. The number of rotatable bonds is 6. The molecule has 0 saturated heterocycles.